The third-order valence-corrected chi connectivity index (χ3v) is 8.74. The molecule has 0 radical (unpaired) electrons. The molecule has 4 rings (SSSR count). The Balaban J connectivity index is 1.46. The molecule has 2 aromatic rings. The van der Waals surface area contributed by atoms with Crippen LogP contribution in [0.15, 0.2) is 47.5 Å². The zero-order valence-corrected chi connectivity index (χ0v) is 24.5. The number of ether oxygens (including phenoxy) is 4. The maximum Gasteiger partial charge on any atom is 0.350 e. The number of anilines is 1. The van der Waals surface area contributed by atoms with Crippen molar-refractivity contribution in [2.24, 2.45) is 0 Å². The molecular formula is C29H38N2O8S. The van der Waals surface area contributed by atoms with Crippen molar-refractivity contribution in [2.75, 3.05) is 18.5 Å². The fraction of sp³-hybridized carbons (Fsp3) is 0.552. The molecule has 0 spiro atoms. The Bertz CT molecular complexity index is 1290. The quantitative estimate of drug-likeness (QED) is 0.411. The Morgan fingerprint density at radius 2 is 1.62 bits per heavy atom. The number of nitrogens with one attached hydrogen (secondary N) is 1. The predicted molar refractivity (Wildman–Crippen MR) is 148 cm³/mol. The van der Waals surface area contributed by atoms with Gasteiger partial charge in [0.1, 0.15) is 17.2 Å². The number of carbonyl (C=O) groups is 2. The zero-order valence-electron chi connectivity index (χ0n) is 23.6. The second kappa shape index (κ2) is 11.8. The standard InChI is InChI=1S/C29H38N2O8S/c1-28(2,3)39-27(33)29(4,5)38-21-8-13-24(30-18-21)31-26(32)25(37-20-14-16-36-17-15-20)19-6-9-22(10-7-19)40(34,35)23-11-12-23/h6-10,13,18,20,23,25H,11-12,14-17H2,1-5H3,(H,30,31,32). The number of hydrogen-bond donors (Lipinski definition) is 1. The van der Waals surface area contributed by atoms with E-state index < -0.39 is 39.0 Å². The fourth-order valence-electron chi connectivity index (χ4n) is 4.14. The molecule has 1 aliphatic heterocycles. The van der Waals surface area contributed by atoms with Crippen LogP contribution in [-0.2, 0) is 33.6 Å². The van der Waals surface area contributed by atoms with Crippen molar-refractivity contribution in [3.8, 4) is 5.75 Å². The van der Waals surface area contributed by atoms with Gasteiger partial charge in [-0.25, -0.2) is 18.2 Å². The number of nitrogens with zero attached hydrogens (tertiary/aromatic N) is 1. The van der Waals surface area contributed by atoms with Gasteiger partial charge >= 0.3 is 5.97 Å². The summed E-state index contributed by atoms with van der Waals surface area (Å²) in [6, 6.07) is 9.49. The van der Waals surface area contributed by atoms with Gasteiger partial charge in [0.05, 0.1) is 22.4 Å². The molecule has 2 aliphatic rings. The molecule has 1 aliphatic carbocycles. The summed E-state index contributed by atoms with van der Waals surface area (Å²) in [6.45, 7) is 9.64. The van der Waals surface area contributed by atoms with Gasteiger partial charge in [0.25, 0.3) is 5.91 Å². The van der Waals surface area contributed by atoms with Gasteiger partial charge in [-0.15, -0.1) is 0 Å². The number of amides is 1. The minimum atomic E-state index is -3.34. The first-order valence-electron chi connectivity index (χ1n) is 13.5. The van der Waals surface area contributed by atoms with Crippen molar-refractivity contribution < 1.29 is 37.0 Å². The van der Waals surface area contributed by atoms with Crippen LogP contribution in [0.25, 0.3) is 0 Å². The van der Waals surface area contributed by atoms with E-state index in [0.29, 0.717) is 50.2 Å². The summed E-state index contributed by atoms with van der Waals surface area (Å²) in [4.78, 5) is 30.4. The van der Waals surface area contributed by atoms with Crippen molar-refractivity contribution >= 4 is 27.5 Å². The highest BCUT2D eigenvalue weighted by Gasteiger charge is 2.37. The third kappa shape index (κ3) is 7.80. The monoisotopic (exact) mass is 574 g/mol. The minimum Gasteiger partial charge on any atom is -0.475 e. The lowest BCUT2D eigenvalue weighted by molar-refractivity contribution is -0.170. The average Bonchev–Trinajstić information content (AvgIpc) is 3.74. The van der Waals surface area contributed by atoms with Gasteiger partial charge in [0.2, 0.25) is 0 Å². The van der Waals surface area contributed by atoms with Crippen LogP contribution in [0.4, 0.5) is 5.82 Å². The summed E-state index contributed by atoms with van der Waals surface area (Å²) in [6.07, 6.45) is 2.90. The summed E-state index contributed by atoms with van der Waals surface area (Å²) < 4.78 is 48.1. The highest BCUT2D eigenvalue weighted by Crippen LogP contribution is 2.34. The van der Waals surface area contributed by atoms with Gasteiger partial charge in [0, 0.05) is 13.2 Å². The maximum atomic E-state index is 13.4. The molecule has 1 N–H and O–H groups in total. The molecule has 40 heavy (non-hydrogen) atoms. The molecule has 10 nitrogen and oxygen atoms in total. The lowest BCUT2D eigenvalue weighted by Gasteiger charge is -2.29. The summed E-state index contributed by atoms with van der Waals surface area (Å²) in [5.74, 6) is -0.363. The van der Waals surface area contributed by atoms with E-state index >= 15 is 0 Å². The van der Waals surface area contributed by atoms with Crippen molar-refractivity contribution in [2.45, 2.75) is 93.9 Å². The molecule has 0 bridgehead atoms. The number of hydrogen-bond acceptors (Lipinski definition) is 9. The lowest BCUT2D eigenvalue weighted by Crippen LogP contribution is -2.43. The molecule has 1 aromatic heterocycles. The first-order valence-corrected chi connectivity index (χ1v) is 15.1. The number of carbonyl (C=O) groups excluding carboxylic acids is 2. The fourth-order valence-corrected chi connectivity index (χ4v) is 5.80. The molecule has 1 saturated carbocycles. The van der Waals surface area contributed by atoms with Crippen LogP contribution in [0, 0.1) is 0 Å². The van der Waals surface area contributed by atoms with Crippen LogP contribution in [-0.4, -0.2) is 61.0 Å². The van der Waals surface area contributed by atoms with Crippen LogP contribution in [0.1, 0.15) is 72.0 Å². The lowest BCUT2D eigenvalue weighted by atomic mass is 10.1. The highest BCUT2D eigenvalue weighted by atomic mass is 32.2. The van der Waals surface area contributed by atoms with E-state index in [9.17, 15) is 18.0 Å². The van der Waals surface area contributed by atoms with Crippen LogP contribution in [0.3, 0.4) is 0 Å². The van der Waals surface area contributed by atoms with Crippen LogP contribution < -0.4 is 10.1 Å². The van der Waals surface area contributed by atoms with Crippen LogP contribution >= 0.6 is 0 Å². The molecule has 2 heterocycles. The Kier molecular flexibility index (Phi) is 8.86. The molecule has 11 heteroatoms. The van der Waals surface area contributed by atoms with E-state index in [1.54, 1.807) is 58.9 Å². The third-order valence-electron chi connectivity index (χ3n) is 6.46. The molecule has 1 aromatic carbocycles. The number of sulfone groups is 1. The van der Waals surface area contributed by atoms with E-state index in [4.69, 9.17) is 18.9 Å². The van der Waals surface area contributed by atoms with Crippen molar-refractivity contribution in [3.63, 3.8) is 0 Å². The van der Waals surface area contributed by atoms with Crippen molar-refractivity contribution in [1.82, 2.24) is 4.98 Å². The largest absolute Gasteiger partial charge is 0.475 e. The maximum absolute atomic E-state index is 13.4. The summed E-state index contributed by atoms with van der Waals surface area (Å²) in [5.41, 5.74) is -1.36. The zero-order chi connectivity index (χ0) is 29.1. The van der Waals surface area contributed by atoms with Gasteiger partial charge in [-0.05, 0) is 90.1 Å². The minimum absolute atomic E-state index is 0.182. The number of rotatable bonds is 10. The Hall–Kier alpha value is -3.02. The SMILES string of the molecule is CC(C)(C)OC(=O)C(C)(C)Oc1ccc(NC(=O)C(OC2CCOCC2)c2ccc(S(=O)(=O)C3CC3)cc2)nc1. The second-order valence-corrected chi connectivity index (χ2v) is 13.9. The first-order chi connectivity index (χ1) is 18.7. The van der Waals surface area contributed by atoms with Crippen LogP contribution in [0.2, 0.25) is 0 Å². The first kappa shape index (κ1) is 30.0. The second-order valence-electron chi connectivity index (χ2n) is 11.6. The molecule has 1 saturated heterocycles. The number of aromatic nitrogens is 1. The van der Waals surface area contributed by atoms with Gasteiger partial charge in [0.15, 0.2) is 21.5 Å². The van der Waals surface area contributed by atoms with E-state index in [2.05, 4.69) is 10.3 Å². The topological polar surface area (TPSA) is 130 Å². The number of esters is 1. The van der Waals surface area contributed by atoms with Gasteiger partial charge in [-0.2, -0.15) is 0 Å². The molecule has 1 amide bonds. The van der Waals surface area contributed by atoms with E-state index in [0.717, 1.165) is 0 Å². The smallest absolute Gasteiger partial charge is 0.350 e. The van der Waals surface area contributed by atoms with Gasteiger partial charge < -0.3 is 24.3 Å². The average molecular weight is 575 g/mol. The van der Waals surface area contributed by atoms with Crippen molar-refractivity contribution in [3.05, 3.63) is 48.2 Å². The van der Waals surface area contributed by atoms with Gasteiger partial charge in [-0.3, -0.25) is 4.79 Å². The van der Waals surface area contributed by atoms with E-state index in [1.807, 2.05) is 0 Å². The molecule has 1 atom stereocenters. The normalized spacial score (nSPS) is 17.6. The Morgan fingerprint density at radius 1 is 0.975 bits per heavy atom. The Morgan fingerprint density at radius 3 is 2.17 bits per heavy atom. The predicted octanol–water partition coefficient (Wildman–Crippen LogP) is 4.39. The molecule has 1 unspecified atom stereocenters. The highest BCUT2D eigenvalue weighted by molar-refractivity contribution is 7.92. The number of pyridine rings is 1. The van der Waals surface area contributed by atoms with Crippen LogP contribution in [0.5, 0.6) is 5.75 Å². The molecular weight excluding hydrogens is 536 g/mol. The van der Waals surface area contributed by atoms with Gasteiger partial charge in [-0.1, -0.05) is 12.1 Å². The summed E-state index contributed by atoms with van der Waals surface area (Å²) >= 11 is 0. The van der Waals surface area contributed by atoms with E-state index in [-0.39, 0.29) is 22.1 Å². The molecule has 2 fully saturated rings. The Labute approximate surface area is 235 Å². The summed E-state index contributed by atoms with van der Waals surface area (Å²) in [5, 5.41) is 2.46. The van der Waals surface area contributed by atoms with E-state index in [1.165, 1.54) is 18.3 Å². The van der Waals surface area contributed by atoms with Crippen molar-refractivity contribution in [1.29, 1.82) is 0 Å². The summed E-state index contributed by atoms with van der Waals surface area (Å²) in [7, 11) is -3.34. The number of benzene rings is 1. The molecule has 218 valence electrons.